The molecule has 0 heterocycles. The predicted octanol–water partition coefficient (Wildman–Crippen LogP) is 1.01. The average Bonchev–Trinajstić information content (AvgIpc) is 1.50. The molecule has 0 rings (SSSR count). The van der Waals surface area contributed by atoms with Gasteiger partial charge in [-0.15, -0.1) is 13.2 Å². The molecule has 1 nitrogen and oxygen atoms in total. The van der Waals surface area contributed by atoms with Gasteiger partial charge in [-0.05, 0) is 0 Å². The fourth-order valence-corrected chi connectivity index (χ4v) is 0. The van der Waals surface area contributed by atoms with Gasteiger partial charge in [0.1, 0.15) is 0 Å². The van der Waals surface area contributed by atoms with E-state index in [9.17, 15) is 0 Å². The summed E-state index contributed by atoms with van der Waals surface area (Å²) in [5.74, 6) is 0. The summed E-state index contributed by atoms with van der Waals surface area (Å²) in [4.78, 5) is 0. The lowest BCUT2D eigenvalue weighted by Crippen LogP contribution is -0.552. The third-order valence-electron chi connectivity index (χ3n) is 0. The van der Waals surface area contributed by atoms with Gasteiger partial charge in [-0.2, -0.15) is 0 Å². The van der Waals surface area contributed by atoms with Gasteiger partial charge in [-0.25, -0.2) is 0 Å². The summed E-state index contributed by atoms with van der Waals surface area (Å²) >= 11 is 0. The van der Waals surface area contributed by atoms with Crippen molar-refractivity contribution in [3.05, 3.63) is 13.2 Å². The molecule has 2 heteroatoms. The molecule has 0 saturated heterocycles. The summed E-state index contributed by atoms with van der Waals surface area (Å²) in [6.07, 6.45) is 0. The molecule has 0 bridgehead atoms. The van der Waals surface area contributed by atoms with Crippen LogP contribution in [0.3, 0.4) is 0 Å². The van der Waals surface area contributed by atoms with E-state index in [4.69, 9.17) is 4.57 Å². The Kier molecular flexibility index (Phi) is 859. The smallest absolute Gasteiger partial charge is 0.106 e. The summed E-state index contributed by atoms with van der Waals surface area (Å²) in [5, 5.41) is 0. The van der Waals surface area contributed by atoms with Crippen molar-refractivity contribution in [2.24, 2.45) is 0 Å². The topological polar surface area (TPSA) is 17.1 Å². The van der Waals surface area contributed by atoms with Crippen molar-refractivity contribution in [2.45, 2.75) is 0 Å². The van der Waals surface area contributed by atoms with E-state index in [0.717, 1.165) is 0 Å². The van der Waals surface area contributed by atoms with Crippen LogP contribution in [0.2, 0.25) is 0 Å². The maximum atomic E-state index is 8.17. The van der Waals surface area contributed by atoms with E-state index < -0.39 is 0 Å². The largest absolute Gasteiger partial charge is 0.310 e. The highest BCUT2D eigenvalue weighted by Crippen LogP contribution is 1.23. The van der Waals surface area contributed by atoms with Crippen LogP contribution in [0.1, 0.15) is 0 Å². The Morgan fingerprint density at radius 3 is 1.25 bits per heavy atom. The summed E-state index contributed by atoms with van der Waals surface area (Å²) < 4.78 is 8.17. The molecule has 0 aromatic carbocycles. The van der Waals surface area contributed by atoms with Gasteiger partial charge in [-0.1, -0.05) is 4.57 Å². The second-order valence-electron chi connectivity index (χ2n) is 0. The Labute approximate surface area is 28.0 Å². The summed E-state index contributed by atoms with van der Waals surface area (Å²) in [5.41, 5.74) is 0. The van der Waals surface area contributed by atoms with Crippen LogP contribution in [0.25, 0.3) is 0 Å². The molecule has 0 aliphatic rings. The van der Waals surface area contributed by atoms with E-state index in [-0.39, 0.29) is 0 Å². The Balaban J connectivity index is 0. The van der Waals surface area contributed by atoms with Crippen LogP contribution in [0.5, 0.6) is 0 Å². The summed E-state index contributed by atoms with van der Waals surface area (Å²) in [6.45, 7) is 6.00. The quantitative estimate of drug-likeness (QED) is 0.311. The first-order chi connectivity index (χ1) is 2.00. The van der Waals surface area contributed by atoms with E-state index in [2.05, 4.69) is 13.2 Å². The Hall–Kier alpha value is -0.160. The lowest BCUT2D eigenvalue weighted by Gasteiger charge is -0.813. The van der Waals surface area contributed by atoms with Crippen molar-refractivity contribution in [3.63, 3.8) is 0 Å². The van der Waals surface area contributed by atoms with Crippen molar-refractivity contribution >= 4 is 9.12 Å². The van der Waals surface area contributed by atoms with Crippen molar-refractivity contribution in [2.75, 3.05) is 0 Å². The van der Waals surface area contributed by atoms with Gasteiger partial charge >= 0.3 is 9.12 Å². The molecular weight excluding hydrogens is 71.0 g/mol. The molecule has 0 N–H and O–H groups in total. The van der Waals surface area contributed by atoms with Crippen LogP contribution in [-0.2, 0) is 4.57 Å². The predicted molar refractivity (Wildman–Crippen MR) is 21.7 cm³/mol. The minimum atomic E-state index is 1.17. The highest BCUT2D eigenvalue weighted by molar-refractivity contribution is 7.00. The van der Waals surface area contributed by atoms with E-state index in [1.165, 1.54) is 9.12 Å². The second kappa shape index (κ2) is 376. The molecule has 0 saturated carbocycles. The normalized spacial score (nSPS) is 2.00. The van der Waals surface area contributed by atoms with E-state index >= 15 is 0 Å². The molecule has 1 atom stereocenters. The number of hydrogen-bond acceptors (Lipinski definition) is 1. The third kappa shape index (κ3) is 50.7. The van der Waals surface area contributed by atoms with Crippen LogP contribution in [0, 0.1) is 0 Å². The third-order valence-corrected chi connectivity index (χ3v) is 0. The zero-order valence-corrected chi connectivity index (χ0v) is 3.55. The van der Waals surface area contributed by atoms with Crippen LogP contribution in [0.4, 0.5) is 0 Å². The standard InChI is InChI=1S/C2H4.H2OP/c2*1-2/h1-2H2;2H2/q;+1. The average molecular weight is 77.0 g/mol. The minimum Gasteiger partial charge on any atom is -0.106 e. The molecule has 0 aromatic rings. The van der Waals surface area contributed by atoms with Gasteiger partial charge in [-0.3, -0.25) is 0 Å². The molecule has 0 aliphatic carbocycles. The Morgan fingerprint density at radius 2 is 1.25 bits per heavy atom. The summed E-state index contributed by atoms with van der Waals surface area (Å²) in [6, 6.07) is 0. The van der Waals surface area contributed by atoms with Gasteiger partial charge in [0.2, 0.25) is 0 Å². The monoisotopic (exact) mass is 77.0 g/mol. The number of rotatable bonds is 0. The maximum absolute atomic E-state index is 8.17. The van der Waals surface area contributed by atoms with Crippen molar-refractivity contribution in [1.82, 2.24) is 0 Å². The van der Waals surface area contributed by atoms with Crippen LogP contribution in [-0.4, -0.2) is 0 Å². The highest BCUT2D eigenvalue weighted by Gasteiger charge is 0.849. The van der Waals surface area contributed by atoms with Crippen LogP contribution in [0.15, 0.2) is 13.2 Å². The second-order valence-corrected chi connectivity index (χ2v) is 0. The van der Waals surface area contributed by atoms with E-state index in [1.807, 2.05) is 0 Å². The lowest BCUT2D eigenvalue weighted by molar-refractivity contribution is 0.607. The van der Waals surface area contributed by atoms with Crippen LogP contribution < -0.4 is 0 Å². The maximum Gasteiger partial charge on any atom is 0.310 e. The minimum absolute atomic E-state index is 1.17. The first-order valence-corrected chi connectivity index (χ1v) is 1.21. The fourth-order valence-electron chi connectivity index (χ4n) is 0. The van der Waals surface area contributed by atoms with Crippen molar-refractivity contribution in [1.29, 1.82) is 0 Å². The zero-order valence-electron chi connectivity index (χ0n) is 2.40. The van der Waals surface area contributed by atoms with Crippen molar-refractivity contribution in [3.8, 4) is 0 Å². The molecule has 0 aromatic heterocycles. The Morgan fingerprint density at radius 1 is 1.25 bits per heavy atom. The van der Waals surface area contributed by atoms with Gasteiger partial charge < -0.3 is 0 Å². The molecule has 4 heavy (non-hydrogen) atoms. The number of hydrogen-bond donors (Lipinski definition) is 0. The zero-order chi connectivity index (χ0) is 4.00. The van der Waals surface area contributed by atoms with Gasteiger partial charge in [0, 0.05) is 0 Å². The van der Waals surface area contributed by atoms with E-state index in [1.54, 1.807) is 0 Å². The van der Waals surface area contributed by atoms with Crippen LogP contribution >= 0.6 is 9.12 Å². The van der Waals surface area contributed by atoms with Crippen molar-refractivity contribution < 1.29 is 4.57 Å². The Bertz CT molecular complexity index is 8.00. The van der Waals surface area contributed by atoms with Gasteiger partial charge in [0.05, 0.1) is 0 Å². The van der Waals surface area contributed by atoms with Gasteiger partial charge in [0.15, 0.2) is 0 Å². The molecule has 0 spiro atoms. The molecule has 0 amide bonds. The van der Waals surface area contributed by atoms with E-state index in [0.29, 0.717) is 0 Å². The molecule has 1 unspecified atom stereocenters. The SMILES string of the molecule is C=C.O=[PH2+]. The molecule has 0 aliphatic heterocycles. The molecule has 0 fully saturated rings. The molecular formula is C2H6OP+. The highest BCUT2D eigenvalue weighted by atomic mass is 31.0. The molecule has 0 radical (unpaired) electrons. The molecule has 24 valence electrons. The first-order valence-electron chi connectivity index (χ1n) is 0.736. The first kappa shape index (κ1) is 9.15. The lowest BCUT2D eigenvalue weighted by atomic mass is 11.3. The fraction of sp³-hybridized carbons (Fsp3) is 0. The van der Waals surface area contributed by atoms with Gasteiger partial charge in [0.25, 0.3) is 0 Å². The summed E-state index contributed by atoms with van der Waals surface area (Å²) in [7, 11) is 1.17.